The second-order valence-corrected chi connectivity index (χ2v) is 9.55. The molecule has 0 aliphatic heterocycles. The van der Waals surface area contributed by atoms with E-state index >= 15 is 0 Å². The molecule has 0 amide bonds. The zero-order valence-electron chi connectivity index (χ0n) is 10.0. The van der Waals surface area contributed by atoms with E-state index in [1.54, 1.807) is 0 Å². The molecule has 0 unspecified atom stereocenters. The van der Waals surface area contributed by atoms with Gasteiger partial charge in [0.1, 0.15) is 0 Å². The van der Waals surface area contributed by atoms with E-state index < -0.39 is 0 Å². The molecule has 0 aromatic carbocycles. The van der Waals surface area contributed by atoms with E-state index in [1.807, 2.05) is 0 Å². The molecular formula is C8H20N2NiP2S2+2. The average molecular weight is 329 g/mol. The van der Waals surface area contributed by atoms with E-state index in [9.17, 15) is 0 Å². The van der Waals surface area contributed by atoms with Crippen molar-refractivity contribution in [1.82, 2.24) is 0 Å². The van der Waals surface area contributed by atoms with E-state index in [4.69, 9.17) is 10.5 Å². The fourth-order valence-electron chi connectivity index (χ4n) is 0. The quantitative estimate of drug-likeness (QED) is 0.296. The van der Waals surface area contributed by atoms with Crippen LogP contribution in [0.5, 0.6) is 0 Å². The molecule has 0 spiro atoms. The van der Waals surface area contributed by atoms with Gasteiger partial charge in [0.2, 0.25) is 0 Å². The Labute approximate surface area is 118 Å². The van der Waals surface area contributed by atoms with Crippen molar-refractivity contribution in [2.24, 2.45) is 0 Å². The molecule has 0 N–H and O–H groups in total. The SMILES string of the molecule is C[PH+](C)C.C[PH+](C)C.N#C[S-].N#C[S-].[Ni+2]. The van der Waals surface area contributed by atoms with E-state index in [0.29, 0.717) is 0 Å². The first-order chi connectivity index (χ1) is 6.29. The number of nitrogens with zero attached hydrogens (tertiary/aromatic N) is 2. The van der Waals surface area contributed by atoms with Crippen molar-refractivity contribution in [1.29, 1.82) is 10.5 Å². The molecule has 0 bridgehead atoms. The standard InChI is InChI=1S/2C3H9P.2CHNS.Ni/c2*1-4(2)3;2*2-1-3;/h2*1-3H3;2*3H;/q;;;;+2. The van der Waals surface area contributed by atoms with E-state index in [1.165, 1.54) is 10.8 Å². The molecule has 7 heteroatoms. The predicted molar refractivity (Wildman–Crippen MR) is 78.1 cm³/mol. The van der Waals surface area contributed by atoms with Crippen LogP contribution in [0.15, 0.2) is 0 Å². The fraction of sp³-hybridized carbons (Fsp3) is 0.750. The van der Waals surface area contributed by atoms with E-state index in [2.05, 4.69) is 65.2 Å². The second kappa shape index (κ2) is 36.4. The van der Waals surface area contributed by atoms with Crippen LogP contribution in [0.25, 0.3) is 0 Å². The molecule has 2 nitrogen and oxygen atoms in total. The minimum absolute atomic E-state index is 0. The Morgan fingerprint density at radius 1 is 0.733 bits per heavy atom. The molecule has 0 aliphatic carbocycles. The summed E-state index contributed by atoms with van der Waals surface area (Å²) in [6.07, 6.45) is 0. The summed E-state index contributed by atoms with van der Waals surface area (Å²) < 4.78 is 0. The van der Waals surface area contributed by atoms with Crippen molar-refractivity contribution < 1.29 is 16.5 Å². The number of nitriles is 2. The molecule has 92 valence electrons. The minimum atomic E-state index is 0. The third-order valence-electron chi connectivity index (χ3n) is 0. The summed E-state index contributed by atoms with van der Waals surface area (Å²) in [6.45, 7) is 13.6. The predicted octanol–water partition coefficient (Wildman–Crippen LogP) is 2.21. The summed E-state index contributed by atoms with van der Waals surface area (Å²) in [7, 11) is 0.241. The Kier molecular flexibility index (Phi) is 72.0. The maximum atomic E-state index is 7.13. The van der Waals surface area contributed by atoms with Crippen LogP contribution in [0.3, 0.4) is 0 Å². The summed E-state index contributed by atoms with van der Waals surface area (Å²) in [5.41, 5.74) is 0. The molecule has 0 aromatic rings. The third kappa shape index (κ3) is 4030. The normalized spacial score (nSPS) is 5.73. The molecule has 0 aliphatic rings. The Morgan fingerprint density at radius 3 is 0.733 bits per heavy atom. The van der Waals surface area contributed by atoms with Crippen LogP contribution in [0.2, 0.25) is 0 Å². The zero-order chi connectivity index (χ0) is 12.6. The first-order valence-corrected chi connectivity index (χ1v) is 10.7. The van der Waals surface area contributed by atoms with Gasteiger partial charge in [0, 0.05) is 40.0 Å². The number of hydrogen-bond donors (Lipinski definition) is 0. The summed E-state index contributed by atoms with van der Waals surface area (Å²) in [6, 6.07) is 0. The van der Waals surface area contributed by atoms with Gasteiger partial charge in [0.25, 0.3) is 0 Å². The van der Waals surface area contributed by atoms with Crippen molar-refractivity contribution >= 4 is 41.1 Å². The number of hydrogen-bond acceptors (Lipinski definition) is 4. The average Bonchev–Trinajstić information content (AvgIpc) is 1.85. The van der Waals surface area contributed by atoms with Gasteiger partial charge in [-0.15, -0.1) is 0 Å². The second-order valence-electron chi connectivity index (χ2n) is 3.18. The zero-order valence-corrected chi connectivity index (χ0v) is 14.6. The molecule has 15 heavy (non-hydrogen) atoms. The Bertz CT molecular complexity index is 132. The molecular weight excluding hydrogens is 309 g/mol. The Balaban J connectivity index is -0.0000000293. The minimum Gasteiger partial charge on any atom is -0.696 e. The monoisotopic (exact) mass is 328 g/mol. The fourth-order valence-corrected chi connectivity index (χ4v) is 0. The van der Waals surface area contributed by atoms with Gasteiger partial charge in [-0.1, -0.05) is 10.8 Å². The smallest absolute Gasteiger partial charge is 0.696 e. The molecule has 0 atom stereocenters. The van der Waals surface area contributed by atoms with Gasteiger partial charge in [0.05, 0.1) is 0 Å². The van der Waals surface area contributed by atoms with Gasteiger partial charge in [-0.3, -0.25) is 0 Å². The van der Waals surface area contributed by atoms with Gasteiger partial charge in [0.15, 0.2) is 0 Å². The molecule has 0 rings (SSSR count). The number of rotatable bonds is 0. The third-order valence-corrected chi connectivity index (χ3v) is 0. The topological polar surface area (TPSA) is 47.6 Å². The van der Waals surface area contributed by atoms with Gasteiger partial charge in [-0.05, 0) is 15.8 Å². The molecule has 0 fully saturated rings. The summed E-state index contributed by atoms with van der Waals surface area (Å²) in [5.74, 6) is 0. The molecule has 0 heterocycles. The first-order valence-electron chi connectivity index (χ1n) is 3.86. The van der Waals surface area contributed by atoms with Crippen LogP contribution < -0.4 is 0 Å². The Hall–Kier alpha value is 0.774. The largest absolute Gasteiger partial charge is 2.00 e. The molecule has 0 saturated heterocycles. The maximum absolute atomic E-state index is 7.13. The van der Waals surface area contributed by atoms with Crippen LogP contribution in [-0.4, -0.2) is 40.0 Å². The van der Waals surface area contributed by atoms with Crippen LogP contribution >= 0.6 is 15.8 Å². The van der Waals surface area contributed by atoms with Crippen LogP contribution in [0, 0.1) is 21.3 Å². The first kappa shape index (κ1) is 29.7. The summed E-state index contributed by atoms with van der Waals surface area (Å²) in [4.78, 5) is 0. The van der Waals surface area contributed by atoms with Gasteiger partial charge in [-0.25, -0.2) is 10.5 Å². The van der Waals surface area contributed by atoms with Gasteiger partial charge >= 0.3 is 16.5 Å². The molecule has 0 saturated carbocycles. The van der Waals surface area contributed by atoms with E-state index in [0.717, 1.165) is 0 Å². The van der Waals surface area contributed by atoms with Gasteiger partial charge < -0.3 is 25.3 Å². The van der Waals surface area contributed by atoms with Crippen molar-refractivity contribution in [3.05, 3.63) is 0 Å². The van der Waals surface area contributed by atoms with Crippen molar-refractivity contribution in [3.63, 3.8) is 0 Å². The summed E-state index contributed by atoms with van der Waals surface area (Å²) >= 11 is 7.40. The van der Waals surface area contributed by atoms with Crippen LogP contribution in [0.4, 0.5) is 0 Å². The van der Waals surface area contributed by atoms with Crippen LogP contribution in [0.1, 0.15) is 0 Å². The van der Waals surface area contributed by atoms with Crippen molar-refractivity contribution in [2.75, 3.05) is 40.0 Å². The van der Waals surface area contributed by atoms with Gasteiger partial charge in [-0.2, -0.15) is 0 Å². The summed E-state index contributed by atoms with van der Waals surface area (Å²) in [5, 5.41) is 16.9. The Morgan fingerprint density at radius 2 is 0.733 bits per heavy atom. The van der Waals surface area contributed by atoms with Crippen LogP contribution in [-0.2, 0) is 41.7 Å². The van der Waals surface area contributed by atoms with Crippen molar-refractivity contribution in [3.8, 4) is 10.8 Å². The molecule has 0 aromatic heterocycles. The molecule has 0 radical (unpaired) electrons. The van der Waals surface area contributed by atoms with Crippen molar-refractivity contribution in [2.45, 2.75) is 0 Å². The maximum Gasteiger partial charge on any atom is 2.00 e. The number of thiocyanates is 2. The van der Waals surface area contributed by atoms with E-state index in [-0.39, 0.29) is 32.3 Å².